The lowest BCUT2D eigenvalue weighted by Crippen LogP contribution is -2.27. The zero-order chi connectivity index (χ0) is 12.8. The van der Waals surface area contributed by atoms with Crippen LogP contribution in [0.3, 0.4) is 0 Å². The van der Waals surface area contributed by atoms with E-state index in [1.165, 1.54) is 0 Å². The summed E-state index contributed by atoms with van der Waals surface area (Å²) < 4.78 is 10.4. The Balaban J connectivity index is 1.79. The molecule has 4 heteroatoms. The molecule has 1 saturated heterocycles. The van der Waals surface area contributed by atoms with Gasteiger partial charge in [-0.2, -0.15) is 0 Å². The Bertz CT molecular complexity index is 375. The van der Waals surface area contributed by atoms with E-state index in [9.17, 15) is 5.11 Å². The highest BCUT2D eigenvalue weighted by Gasteiger charge is 2.13. The number of hydrogen-bond donors (Lipinski definition) is 2. The van der Waals surface area contributed by atoms with Crippen molar-refractivity contribution in [1.82, 2.24) is 5.32 Å². The number of nitrogens with one attached hydrogen (secondary N) is 1. The van der Waals surface area contributed by atoms with Gasteiger partial charge in [-0.3, -0.25) is 0 Å². The Labute approximate surface area is 108 Å². The highest BCUT2D eigenvalue weighted by molar-refractivity contribution is 5.41. The van der Waals surface area contributed by atoms with Crippen molar-refractivity contribution >= 4 is 0 Å². The molecule has 0 unspecified atom stereocenters. The summed E-state index contributed by atoms with van der Waals surface area (Å²) in [5.74, 6) is 1.43. The Hall–Kier alpha value is -1.26. The molecule has 1 heterocycles. The molecule has 0 atom stereocenters. The van der Waals surface area contributed by atoms with E-state index in [4.69, 9.17) is 9.47 Å². The van der Waals surface area contributed by atoms with Crippen LogP contribution in [0.1, 0.15) is 18.4 Å². The van der Waals surface area contributed by atoms with Crippen molar-refractivity contribution in [1.29, 1.82) is 0 Å². The average Bonchev–Trinajstić information content (AvgIpc) is 2.42. The van der Waals surface area contributed by atoms with Crippen molar-refractivity contribution in [3.8, 4) is 11.5 Å². The molecule has 100 valence electrons. The van der Waals surface area contributed by atoms with Gasteiger partial charge < -0.3 is 19.9 Å². The van der Waals surface area contributed by atoms with Crippen LogP contribution in [0.25, 0.3) is 0 Å². The molecule has 1 aliphatic rings. The number of benzene rings is 1. The number of hydrogen-bond acceptors (Lipinski definition) is 4. The van der Waals surface area contributed by atoms with Crippen LogP contribution >= 0.6 is 0 Å². The lowest BCUT2D eigenvalue weighted by Gasteiger charge is -2.22. The van der Waals surface area contributed by atoms with Gasteiger partial charge in [0, 0.05) is 19.8 Å². The second-order valence-electron chi connectivity index (χ2n) is 4.69. The fourth-order valence-corrected chi connectivity index (χ4v) is 2.20. The molecule has 0 amide bonds. The van der Waals surface area contributed by atoms with E-state index >= 15 is 0 Å². The van der Waals surface area contributed by atoms with E-state index in [0.717, 1.165) is 50.6 Å². The molecule has 1 aliphatic heterocycles. The number of phenolic OH excluding ortho intramolecular Hbond substituents is 1. The summed E-state index contributed by atoms with van der Waals surface area (Å²) in [5.41, 5.74) is 1.12. The number of methoxy groups -OCH3 is 1. The Kier molecular flexibility index (Phi) is 4.84. The van der Waals surface area contributed by atoms with E-state index in [1.54, 1.807) is 13.2 Å². The van der Waals surface area contributed by atoms with E-state index in [2.05, 4.69) is 5.32 Å². The normalized spacial score (nSPS) is 16.7. The van der Waals surface area contributed by atoms with Crippen molar-refractivity contribution in [2.24, 2.45) is 5.92 Å². The lowest BCUT2D eigenvalue weighted by atomic mass is 10.0. The maximum atomic E-state index is 9.50. The molecule has 0 bridgehead atoms. The maximum absolute atomic E-state index is 9.50. The van der Waals surface area contributed by atoms with Crippen LogP contribution in [0.2, 0.25) is 0 Å². The highest BCUT2D eigenvalue weighted by atomic mass is 16.5. The van der Waals surface area contributed by atoms with Gasteiger partial charge in [-0.1, -0.05) is 6.07 Å². The van der Waals surface area contributed by atoms with Gasteiger partial charge in [-0.05, 0) is 43.0 Å². The third kappa shape index (κ3) is 3.62. The maximum Gasteiger partial charge on any atom is 0.160 e. The average molecular weight is 251 g/mol. The van der Waals surface area contributed by atoms with Gasteiger partial charge >= 0.3 is 0 Å². The first-order valence-corrected chi connectivity index (χ1v) is 6.44. The second-order valence-corrected chi connectivity index (χ2v) is 4.69. The van der Waals surface area contributed by atoms with E-state index in [-0.39, 0.29) is 5.75 Å². The van der Waals surface area contributed by atoms with Gasteiger partial charge in [-0.25, -0.2) is 0 Å². The van der Waals surface area contributed by atoms with Gasteiger partial charge in [0.2, 0.25) is 0 Å². The van der Waals surface area contributed by atoms with Crippen molar-refractivity contribution in [2.75, 3.05) is 26.9 Å². The molecule has 0 spiro atoms. The van der Waals surface area contributed by atoms with Crippen LogP contribution in [0.5, 0.6) is 11.5 Å². The molecule has 4 nitrogen and oxygen atoms in total. The first-order chi connectivity index (χ1) is 8.79. The molecule has 2 N–H and O–H groups in total. The predicted octanol–water partition coefficient (Wildman–Crippen LogP) is 1.92. The molecule has 0 saturated carbocycles. The molecule has 18 heavy (non-hydrogen) atoms. The Morgan fingerprint density at radius 1 is 1.39 bits per heavy atom. The summed E-state index contributed by atoms with van der Waals surface area (Å²) in [7, 11) is 1.56. The van der Waals surface area contributed by atoms with Gasteiger partial charge in [-0.15, -0.1) is 0 Å². The van der Waals surface area contributed by atoms with Gasteiger partial charge in [0.1, 0.15) is 0 Å². The topological polar surface area (TPSA) is 50.7 Å². The number of ether oxygens (including phenoxy) is 2. The first-order valence-electron chi connectivity index (χ1n) is 6.44. The zero-order valence-corrected chi connectivity index (χ0v) is 10.8. The number of aromatic hydroxyl groups is 1. The smallest absolute Gasteiger partial charge is 0.160 e. The largest absolute Gasteiger partial charge is 0.504 e. The third-order valence-electron chi connectivity index (χ3n) is 3.35. The van der Waals surface area contributed by atoms with Crippen molar-refractivity contribution in [3.63, 3.8) is 0 Å². The van der Waals surface area contributed by atoms with Gasteiger partial charge in [0.25, 0.3) is 0 Å². The van der Waals surface area contributed by atoms with Crippen LogP contribution in [0.15, 0.2) is 18.2 Å². The highest BCUT2D eigenvalue weighted by Crippen LogP contribution is 2.26. The van der Waals surface area contributed by atoms with Crippen molar-refractivity contribution in [2.45, 2.75) is 19.4 Å². The second kappa shape index (κ2) is 6.61. The predicted molar refractivity (Wildman–Crippen MR) is 69.9 cm³/mol. The van der Waals surface area contributed by atoms with E-state index in [1.807, 2.05) is 12.1 Å². The molecule has 1 fully saturated rings. The summed E-state index contributed by atoms with van der Waals surface area (Å²) in [6.45, 7) is 3.60. The first kappa shape index (κ1) is 13.2. The fourth-order valence-electron chi connectivity index (χ4n) is 2.20. The fraction of sp³-hybridized carbons (Fsp3) is 0.571. The number of phenols is 1. The van der Waals surface area contributed by atoms with Gasteiger partial charge in [0.15, 0.2) is 11.5 Å². The lowest BCUT2D eigenvalue weighted by molar-refractivity contribution is 0.0662. The zero-order valence-electron chi connectivity index (χ0n) is 10.8. The Morgan fingerprint density at radius 3 is 2.89 bits per heavy atom. The van der Waals surface area contributed by atoms with Crippen molar-refractivity contribution < 1.29 is 14.6 Å². The van der Waals surface area contributed by atoms with E-state index < -0.39 is 0 Å². The Morgan fingerprint density at radius 2 is 2.17 bits per heavy atom. The summed E-state index contributed by atoms with van der Waals surface area (Å²) in [6, 6.07) is 5.45. The van der Waals surface area contributed by atoms with Crippen LogP contribution in [-0.2, 0) is 11.3 Å². The van der Waals surface area contributed by atoms with Crippen LogP contribution in [0.4, 0.5) is 0 Å². The minimum Gasteiger partial charge on any atom is -0.504 e. The molecule has 0 aromatic heterocycles. The minimum absolute atomic E-state index is 0.186. The number of rotatable bonds is 5. The molecule has 2 rings (SSSR count). The molecular weight excluding hydrogens is 230 g/mol. The van der Waals surface area contributed by atoms with Gasteiger partial charge in [0.05, 0.1) is 7.11 Å². The SMILES string of the molecule is COc1cc(CNCC2CCOCC2)ccc1O. The third-order valence-corrected chi connectivity index (χ3v) is 3.35. The summed E-state index contributed by atoms with van der Waals surface area (Å²) in [6.07, 6.45) is 2.29. The summed E-state index contributed by atoms with van der Waals surface area (Å²) >= 11 is 0. The van der Waals surface area contributed by atoms with Crippen molar-refractivity contribution in [3.05, 3.63) is 23.8 Å². The van der Waals surface area contributed by atoms with E-state index in [0.29, 0.717) is 5.75 Å². The molecule has 1 aromatic carbocycles. The summed E-state index contributed by atoms with van der Waals surface area (Å²) in [5, 5.41) is 13.0. The molecule has 1 aromatic rings. The summed E-state index contributed by atoms with van der Waals surface area (Å²) in [4.78, 5) is 0. The molecule has 0 aliphatic carbocycles. The van der Waals surface area contributed by atoms with Crippen LogP contribution in [-0.4, -0.2) is 32.0 Å². The monoisotopic (exact) mass is 251 g/mol. The van der Waals surface area contributed by atoms with Crippen LogP contribution in [0, 0.1) is 5.92 Å². The quantitative estimate of drug-likeness (QED) is 0.839. The standard InChI is InChI=1S/C14H21NO3/c1-17-14-8-12(2-3-13(14)16)10-15-9-11-4-6-18-7-5-11/h2-3,8,11,15-16H,4-7,9-10H2,1H3. The minimum atomic E-state index is 0.186. The molecular formula is C14H21NO3. The van der Waals surface area contributed by atoms with Crippen LogP contribution < -0.4 is 10.1 Å². The molecule has 0 radical (unpaired) electrons.